The van der Waals surface area contributed by atoms with Crippen LogP contribution >= 0.6 is 0 Å². The molecule has 0 bridgehead atoms. The van der Waals surface area contributed by atoms with Crippen LogP contribution in [0.4, 0.5) is 10.1 Å². The number of aryl methyl sites for hydroxylation is 1. The van der Waals surface area contributed by atoms with Gasteiger partial charge < -0.3 is 10.0 Å². The van der Waals surface area contributed by atoms with Crippen LogP contribution in [0.25, 0.3) is 0 Å². The number of anilines is 1. The molecule has 0 saturated carbocycles. The van der Waals surface area contributed by atoms with E-state index >= 15 is 0 Å². The van der Waals surface area contributed by atoms with Gasteiger partial charge in [-0.2, -0.15) is 0 Å². The second-order valence-corrected chi connectivity index (χ2v) is 10.4. The second kappa shape index (κ2) is 12.4. The van der Waals surface area contributed by atoms with Gasteiger partial charge in [-0.15, -0.1) is 0 Å². The zero-order valence-electron chi connectivity index (χ0n) is 21.8. The predicted molar refractivity (Wildman–Crippen MR) is 146 cm³/mol. The number of carbonyl (C=O) groups is 1. The largest absolute Gasteiger partial charge is 0.478 e. The van der Waals surface area contributed by atoms with Gasteiger partial charge in [-0.25, -0.2) is 9.18 Å². The molecule has 188 valence electrons. The second-order valence-electron chi connectivity index (χ2n) is 10.4. The molecule has 0 fully saturated rings. The van der Waals surface area contributed by atoms with Crippen LogP contribution in [0.15, 0.2) is 66.7 Å². The molecular weight excluding hydrogens is 449 g/mol. The van der Waals surface area contributed by atoms with E-state index in [1.807, 2.05) is 24.3 Å². The van der Waals surface area contributed by atoms with Crippen molar-refractivity contribution in [3.8, 4) is 11.8 Å². The highest BCUT2D eigenvalue weighted by Crippen LogP contribution is 2.25. The lowest BCUT2D eigenvalue weighted by Crippen LogP contribution is -2.27. The van der Waals surface area contributed by atoms with Gasteiger partial charge in [0.05, 0.1) is 5.56 Å². The summed E-state index contributed by atoms with van der Waals surface area (Å²) in [6.07, 6.45) is 4.41. The normalized spacial score (nSPS) is 11.0. The monoisotopic (exact) mass is 485 g/mol. The number of hydrogen-bond acceptors (Lipinski definition) is 2. The number of carboxylic acid groups (broad SMARTS) is 1. The summed E-state index contributed by atoms with van der Waals surface area (Å²) in [5.74, 6) is 4.49. The average molecular weight is 486 g/mol. The number of hydrogen-bond donors (Lipinski definition) is 1. The summed E-state index contributed by atoms with van der Waals surface area (Å²) in [6, 6.07) is 20.9. The van der Waals surface area contributed by atoms with Gasteiger partial charge in [0.2, 0.25) is 0 Å². The van der Waals surface area contributed by atoms with Crippen molar-refractivity contribution in [1.82, 2.24) is 0 Å². The van der Waals surface area contributed by atoms with Gasteiger partial charge in [-0.1, -0.05) is 70.2 Å². The zero-order valence-corrected chi connectivity index (χ0v) is 21.8. The third-order valence-corrected chi connectivity index (χ3v) is 6.13. The quantitative estimate of drug-likeness (QED) is 0.316. The minimum absolute atomic E-state index is 0.113. The van der Waals surface area contributed by atoms with E-state index in [-0.39, 0.29) is 11.0 Å². The molecule has 0 amide bonds. The fraction of sp³-hybridized carbons (Fsp3) is 0.344. The van der Waals surface area contributed by atoms with E-state index in [4.69, 9.17) is 0 Å². The van der Waals surface area contributed by atoms with Crippen LogP contribution in [0.1, 0.15) is 79.6 Å². The maximum Gasteiger partial charge on any atom is 0.338 e. The third-order valence-electron chi connectivity index (χ3n) is 6.13. The Balaban J connectivity index is 1.74. The fourth-order valence-corrected chi connectivity index (χ4v) is 3.84. The van der Waals surface area contributed by atoms with Crippen LogP contribution in [0.5, 0.6) is 0 Å². The van der Waals surface area contributed by atoms with Crippen molar-refractivity contribution < 1.29 is 14.3 Å². The lowest BCUT2D eigenvalue weighted by molar-refractivity contribution is 0.0692. The Morgan fingerprint density at radius 2 is 1.50 bits per heavy atom. The Labute approximate surface area is 215 Å². The third kappa shape index (κ3) is 8.27. The first-order chi connectivity index (χ1) is 17.1. The molecule has 0 spiro atoms. The molecule has 0 aliphatic carbocycles. The van der Waals surface area contributed by atoms with E-state index in [0.717, 1.165) is 36.1 Å². The van der Waals surface area contributed by atoms with Crippen LogP contribution in [0.2, 0.25) is 0 Å². The van der Waals surface area contributed by atoms with Crippen molar-refractivity contribution in [3.63, 3.8) is 0 Å². The van der Waals surface area contributed by atoms with Gasteiger partial charge in [0, 0.05) is 29.9 Å². The van der Waals surface area contributed by atoms with Crippen LogP contribution in [0.3, 0.4) is 0 Å². The van der Waals surface area contributed by atoms with Gasteiger partial charge in [0.1, 0.15) is 5.82 Å². The number of carboxylic acids is 1. The summed E-state index contributed by atoms with van der Waals surface area (Å²) in [7, 11) is 0. The topological polar surface area (TPSA) is 40.5 Å². The molecule has 4 heteroatoms. The number of nitrogens with zero attached hydrogens (tertiary/aromatic N) is 1. The lowest BCUT2D eigenvalue weighted by Gasteiger charge is -2.29. The zero-order chi connectivity index (χ0) is 26.1. The molecule has 0 radical (unpaired) electrons. The Morgan fingerprint density at radius 1 is 0.917 bits per heavy atom. The summed E-state index contributed by atoms with van der Waals surface area (Å²) < 4.78 is 14.0. The first-order valence-corrected chi connectivity index (χ1v) is 12.6. The van der Waals surface area contributed by atoms with Gasteiger partial charge in [0.15, 0.2) is 0 Å². The first kappa shape index (κ1) is 27.0. The van der Waals surface area contributed by atoms with E-state index in [1.54, 1.807) is 6.07 Å². The van der Waals surface area contributed by atoms with Crippen LogP contribution in [-0.2, 0) is 13.0 Å². The minimum Gasteiger partial charge on any atom is -0.478 e. The van der Waals surface area contributed by atoms with Gasteiger partial charge >= 0.3 is 5.97 Å². The molecule has 0 aromatic heterocycles. The maximum atomic E-state index is 14.0. The molecule has 0 atom stereocenters. The number of rotatable bonds is 9. The Hall–Kier alpha value is -3.58. The molecule has 3 rings (SSSR count). The highest BCUT2D eigenvalue weighted by molar-refractivity contribution is 5.89. The van der Waals surface area contributed by atoms with Crippen molar-refractivity contribution in [2.24, 2.45) is 5.41 Å². The standard InChI is InChI=1S/C32H36FNO2/c1-5-6-7-24-8-10-25(11-9-24)12-13-26-14-16-27(17-15-26)23-34(21-20-32(2,3)4)28-18-19-30(33)29(22-28)31(35)36/h8-11,14-19,22H,5-7,20-21,23H2,1-4H3,(H,35,36). The van der Waals surface area contributed by atoms with Gasteiger partial charge in [0.25, 0.3) is 0 Å². The molecule has 3 nitrogen and oxygen atoms in total. The Kier molecular flexibility index (Phi) is 9.31. The van der Waals surface area contributed by atoms with Crippen LogP contribution < -0.4 is 4.90 Å². The van der Waals surface area contributed by atoms with Crippen molar-refractivity contribution in [1.29, 1.82) is 0 Å². The molecule has 3 aromatic rings. The van der Waals surface area contributed by atoms with Gasteiger partial charge in [-0.05, 0) is 78.3 Å². The molecule has 0 heterocycles. The van der Waals surface area contributed by atoms with Crippen molar-refractivity contribution in [3.05, 3.63) is 100 Å². The number of halogens is 1. The molecule has 1 N–H and O–H groups in total. The molecular formula is C32H36FNO2. The van der Waals surface area contributed by atoms with Crippen LogP contribution in [-0.4, -0.2) is 17.6 Å². The number of aromatic carboxylic acids is 1. The maximum absolute atomic E-state index is 14.0. The Bertz CT molecular complexity index is 1210. The highest BCUT2D eigenvalue weighted by Gasteiger charge is 2.17. The van der Waals surface area contributed by atoms with Gasteiger partial charge in [-0.3, -0.25) is 0 Å². The molecule has 3 aromatic carbocycles. The van der Waals surface area contributed by atoms with E-state index < -0.39 is 11.8 Å². The smallest absolute Gasteiger partial charge is 0.338 e. The SMILES string of the molecule is CCCCc1ccc(C#Cc2ccc(CN(CCC(C)(C)C)c3ccc(F)c(C(=O)O)c3)cc2)cc1. The van der Waals surface area contributed by atoms with E-state index in [0.29, 0.717) is 12.2 Å². The molecule has 0 aliphatic rings. The molecule has 0 aliphatic heterocycles. The first-order valence-electron chi connectivity index (χ1n) is 12.6. The summed E-state index contributed by atoms with van der Waals surface area (Å²) in [6.45, 7) is 10.0. The van der Waals surface area contributed by atoms with Crippen molar-refractivity contribution in [2.45, 2.75) is 59.9 Å². The molecule has 0 saturated heterocycles. The minimum atomic E-state index is -1.26. The molecule has 36 heavy (non-hydrogen) atoms. The van der Waals surface area contributed by atoms with Crippen molar-refractivity contribution >= 4 is 11.7 Å². The van der Waals surface area contributed by atoms with E-state index in [2.05, 4.69) is 68.7 Å². The summed E-state index contributed by atoms with van der Waals surface area (Å²) >= 11 is 0. The fourth-order valence-electron chi connectivity index (χ4n) is 3.84. The Morgan fingerprint density at radius 3 is 2.03 bits per heavy atom. The molecule has 0 unspecified atom stereocenters. The van der Waals surface area contributed by atoms with Crippen molar-refractivity contribution in [2.75, 3.05) is 11.4 Å². The predicted octanol–water partition coefficient (Wildman–Crippen LogP) is 7.71. The summed E-state index contributed by atoms with van der Waals surface area (Å²) in [5.41, 5.74) is 4.86. The number of benzene rings is 3. The number of unbranched alkanes of at least 4 members (excludes halogenated alkanes) is 1. The van der Waals surface area contributed by atoms with E-state index in [9.17, 15) is 14.3 Å². The highest BCUT2D eigenvalue weighted by atomic mass is 19.1. The summed E-state index contributed by atoms with van der Waals surface area (Å²) in [5, 5.41) is 9.36. The summed E-state index contributed by atoms with van der Waals surface area (Å²) in [4.78, 5) is 13.6. The average Bonchev–Trinajstić information content (AvgIpc) is 2.85. The van der Waals surface area contributed by atoms with Crippen LogP contribution in [0, 0.1) is 23.1 Å². The lowest BCUT2D eigenvalue weighted by atomic mass is 9.92. The van der Waals surface area contributed by atoms with E-state index in [1.165, 1.54) is 30.5 Å².